The average molecular weight is 253 g/mol. The molecule has 80 valence electrons. The molecule has 0 aliphatic carbocycles. The van der Waals surface area contributed by atoms with Crippen LogP contribution in [0.3, 0.4) is 0 Å². The van der Waals surface area contributed by atoms with Crippen LogP contribution in [0.4, 0.5) is 0 Å². The van der Waals surface area contributed by atoms with Crippen LogP contribution in [0.5, 0.6) is 0 Å². The summed E-state index contributed by atoms with van der Waals surface area (Å²) in [7, 11) is 0. The Morgan fingerprint density at radius 2 is 1.94 bits per heavy atom. The van der Waals surface area contributed by atoms with Gasteiger partial charge in [0, 0.05) is 6.20 Å². The largest absolute Gasteiger partial charge is 0.338 e. The Kier molecular flexibility index (Phi) is 2.12. The molecule has 0 aliphatic rings. The maximum Gasteiger partial charge on any atom is 0.141 e. The van der Waals surface area contributed by atoms with E-state index < -0.39 is 0 Å². The van der Waals surface area contributed by atoms with Crippen LogP contribution < -0.4 is 0 Å². The second kappa shape index (κ2) is 3.50. The number of nitrogens with one attached hydrogen (secondary N) is 2. The number of fused-ring (bicyclic) bond motifs is 1. The molecule has 3 aromatic rings. The number of halogens is 2. The summed E-state index contributed by atoms with van der Waals surface area (Å²) in [6, 6.07) is 3.50. The van der Waals surface area contributed by atoms with Crippen molar-refractivity contribution in [3.8, 4) is 11.4 Å². The fourth-order valence-electron chi connectivity index (χ4n) is 1.52. The molecule has 4 nitrogen and oxygen atoms in total. The second-order valence-corrected chi connectivity index (χ2v) is 4.17. The predicted octanol–water partition coefficient (Wildman–Crippen LogP) is 3.26. The van der Waals surface area contributed by atoms with E-state index in [-0.39, 0.29) is 0 Å². The Balaban J connectivity index is 2.23. The summed E-state index contributed by atoms with van der Waals surface area (Å²) in [5, 5.41) is 7.61. The Hall–Kier alpha value is -1.52. The SMILES string of the molecule is Clc1cc2nc(-c3cn[nH]c3)[nH]c2cc1Cl. The fourth-order valence-corrected chi connectivity index (χ4v) is 1.84. The molecule has 0 atom stereocenters. The standard InChI is InChI=1S/C10H6Cl2N4/c11-6-1-8-9(2-7(6)12)16-10(15-8)5-3-13-14-4-5/h1-4H,(H,13,14)(H,15,16). The average Bonchev–Trinajstić information content (AvgIpc) is 2.86. The van der Waals surface area contributed by atoms with E-state index in [0.29, 0.717) is 10.0 Å². The molecule has 2 heterocycles. The third-order valence-corrected chi connectivity index (χ3v) is 3.02. The molecule has 0 unspecified atom stereocenters. The summed E-state index contributed by atoms with van der Waals surface area (Å²) in [5.74, 6) is 0.738. The van der Waals surface area contributed by atoms with Crippen molar-refractivity contribution in [2.24, 2.45) is 0 Å². The zero-order valence-electron chi connectivity index (χ0n) is 7.96. The van der Waals surface area contributed by atoms with Gasteiger partial charge in [-0.2, -0.15) is 5.10 Å². The van der Waals surface area contributed by atoms with Crippen LogP contribution in [0.2, 0.25) is 10.0 Å². The number of hydrogen-bond donors (Lipinski definition) is 2. The first-order valence-corrected chi connectivity index (χ1v) is 5.33. The van der Waals surface area contributed by atoms with E-state index in [2.05, 4.69) is 20.2 Å². The Bertz CT molecular complexity index is 603. The zero-order chi connectivity index (χ0) is 11.1. The van der Waals surface area contributed by atoms with E-state index in [1.807, 2.05) is 0 Å². The predicted molar refractivity (Wildman–Crippen MR) is 63.7 cm³/mol. The van der Waals surface area contributed by atoms with Gasteiger partial charge in [-0.3, -0.25) is 5.10 Å². The summed E-state index contributed by atoms with van der Waals surface area (Å²) in [5.41, 5.74) is 2.53. The van der Waals surface area contributed by atoms with Crippen LogP contribution in [0.25, 0.3) is 22.4 Å². The van der Waals surface area contributed by atoms with Gasteiger partial charge in [0.2, 0.25) is 0 Å². The van der Waals surface area contributed by atoms with E-state index in [9.17, 15) is 0 Å². The lowest BCUT2D eigenvalue weighted by Crippen LogP contribution is -1.74. The van der Waals surface area contributed by atoms with Gasteiger partial charge in [-0.05, 0) is 12.1 Å². The quantitative estimate of drug-likeness (QED) is 0.699. The molecule has 3 rings (SSSR count). The van der Waals surface area contributed by atoms with Crippen molar-refractivity contribution in [1.29, 1.82) is 0 Å². The third-order valence-electron chi connectivity index (χ3n) is 2.30. The monoisotopic (exact) mass is 252 g/mol. The Labute approximate surface area is 101 Å². The minimum Gasteiger partial charge on any atom is -0.338 e. The van der Waals surface area contributed by atoms with Crippen molar-refractivity contribution in [3.63, 3.8) is 0 Å². The van der Waals surface area contributed by atoms with Gasteiger partial charge in [-0.15, -0.1) is 0 Å². The molecule has 2 aromatic heterocycles. The third kappa shape index (κ3) is 1.47. The number of benzene rings is 1. The molecular weight excluding hydrogens is 247 g/mol. The second-order valence-electron chi connectivity index (χ2n) is 3.36. The van der Waals surface area contributed by atoms with E-state index in [1.54, 1.807) is 24.5 Å². The number of hydrogen-bond acceptors (Lipinski definition) is 2. The van der Waals surface area contributed by atoms with E-state index in [4.69, 9.17) is 23.2 Å². The van der Waals surface area contributed by atoms with Gasteiger partial charge in [0.05, 0.1) is 32.8 Å². The first kappa shape index (κ1) is 9.69. The number of aromatic nitrogens is 4. The summed E-state index contributed by atoms with van der Waals surface area (Å²) in [4.78, 5) is 7.55. The maximum atomic E-state index is 5.92. The Morgan fingerprint density at radius 3 is 2.69 bits per heavy atom. The van der Waals surface area contributed by atoms with Crippen LogP contribution >= 0.6 is 23.2 Å². The van der Waals surface area contributed by atoms with Gasteiger partial charge < -0.3 is 4.98 Å². The van der Waals surface area contributed by atoms with Crippen LogP contribution in [-0.4, -0.2) is 20.2 Å². The Morgan fingerprint density at radius 1 is 1.12 bits per heavy atom. The van der Waals surface area contributed by atoms with Crippen molar-refractivity contribution in [3.05, 3.63) is 34.6 Å². The summed E-state index contributed by atoms with van der Waals surface area (Å²) in [6.07, 6.45) is 3.46. The maximum absolute atomic E-state index is 5.92. The van der Waals surface area contributed by atoms with Crippen LogP contribution in [0, 0.1) is 0 Å². The van der Waals surface area contributed by atoms with Crippen molar-refractivity contribution < 1.29 is 0 Å². The van der Waals surface area contributed by atoms with Crippen molar-refractivity contribution in [2.75, 3.05) is 0 Å². The molecule has 2 N–H and O–H groups in total. The number of imidazole rings is 1. The first-order chi connectivity index (χ1) is 7.74. The molecule has 0 aliphatic heterocycles. The lowest BCUT2D eigenvalue weighted by atomic mass is 10.3. The zero-order valence-corrected chi connectivity index (χ0v) is 9.47. The molecule has 6 heteroatoms. The number of nitrogens with zero attached hydrogens (tertiary/aromatic N) is 2. The van der Waals surface area contributed by atoms with E-state index in [1.165, 1.54) is 0 Å². The van der Waals surface area contributed by atoms with Crippen LogP contribution in [0.15, 0.2) is 24.5 Å². The van der Waals surface area contributed by atoms with Gasteiger partial charge in [-0.1, -0.05) is 23.2 Å². The van der Waals surface area contributed by atoms with Gasteiger partial charge in [0.1, 0.15) is 5.82 Å². The summed E-state index contributed by atoms with van der Waals surface area (Å²) in [6.45, 7) is 0. The van der Waals surface area contributed by atoms with Gasteiger partial charge >= 0.3 is 0 Å². The molecule has 0 spiro atoms. The molecule has 16 heavy (non-hydrogen) atoms. The number of H-pyrrole nitrogens is 2. The highest BCUT2D eigenvalue weighted by Gasteiger charge is 2.08. The molecule has 0 saturated carbocycles. The normalized spacial score (nSPS) is 11.1. The molecule has 0 amide bonds. The highest BCUT2D eigenvalue weighted by atomic mass is 35.5. The highest BCUT2D eigenvalue weighted by Crippen LogP contribution is 2.28. The topological polar surface area (TPSA) is 57.4 Å². The van der Waals surface area contributed by atoms with Crippen LogP contribution in [0.1, 0.15) is 0 Å². The van der Waals surface area contributed by atoms with E-state index in [0.717, 1.165) is 22.4 Å². The van der Waals surface area contributed by atoms with Gasteiger partial charge in [-0.25, -0.2) is 4.98 Å². The number of rotatable bonds is 1. The van der Waals surface area contributed by atoms with Gasteiger partial charge in [0.15, 0.2) is 0 Å². The lowest BCUT2D eigenvalue weighted by Gasteiger charge is -1.93. The minimum absolute atomic E-state index is 0.499. The first-order valence-electron chi connectivity index (χ1n) is 4.58. The molecule has 0 radical (unpaired) electrons. The van der Waals surface area contributed by atoms with E-state index >= 15 is 0 Å². The smallest absolute Gasteiger partial charge is 0.141 e. The van der Waals surface area contributed by atoms with Crippen molar-refractivity contribution in [1.82, 2.24) is 20.2 Å². The fraction of sp³-hybridized carbons (Fsp3) is 0. The molecule has 0 fully saturated rings. The van der Waals surface area contributed by atoms with Crippen molar-refractivity contribution in [2.45, 2.75) is 0 Å². The molecule has 0 bridgehead atoms. The number of aromatic amines is 2. The lowest BCUT2D eigenvalue weighted by molar-refractivity contribution is 1.09. The minimum atomic E-state index is 0.499. The summed E-state index contributed by atoms with van der Waals surface area (Å²) < 4.78 is 0. The molecular formula is C10H6Cl2N4. The van der Waals surface area contributed by atoms with Crippen molar-refractivity contribution >= 4 is 34.2 Å². The van der Waals surface area contributed by atoms with Gasteiger partial charge in [0.25, 0.3) is 0 Å². The summed E-state index contributed by atoms with van der Waals surface area (Å²) >= 11 is 11.8. The molecule has 1 aromatic carbocycles. The molecule has 0 saturated heterocycles. The van der Waals surface area contributed by atoms with Crippen LogP contribution in [-0.2, 0) is 0 Å². The highest BCUT2D eigenvalue weighted by molar-refractivity contribution is 6.42.